The molecule has 20 heavy (non-hydrogen) atoms. The first kappa shape index (κ1) is 13.1. The Kier molecular flexibility index (Phi) is 3.70. The fourth-order valence-electron chi connectivity index (χ4n) is 2.73. The van der Waals surface area contributed by atoms with E-state index < -0.39 is 0 Å². The lowest BCUT2D eigenvalue weighted by Crippen LogP contribution is -2.35. The van der Waals surface area contributed by atoms with Gasteiger partial charge in [-0.1, -0.05) is 31.2 Å². The number of pyridine rings is 1. The molecule has 0 radical (unpaired) electrons. The summed E-state index contributed by atoms with van der Waals surface area (Å²) in [5.74, 6) is 1.44. The topological polar surface area (TPSA) is 34.1 Å². The van der Waals surface area contributed by atoms with Crippen molar-refractivity contribution in [1.29, 1.82) is 0 Å². The first-order valence-corrected chi connectivity index (χ1v) is 7.14. The number of rotatable bonds is 3. The highest BCUT2D eigenvalue weighted by Crippen LogP contribution is 2.36. The molecule has 0 fully saturated rings. The maximum atomic E-state index is 5.80. The maximum absolute atomic E-state index is 5.80. The summed E-state index contributed by atoms with van der Waals surface area (Å²) in [6.45, 7) is 5.13. The van der Waals surface area contributed by atoms with Gasteiger partial charge in [0, 0.05) is 29.8 Å². The van der Waals surface area contributed by atoms with E-state index in [0.717, 1.165) is 18.1 Å². The molecule has 1 aromatic heterocycles. The average molecular weight is 268 g/mol. The molecule has 3 unspecified atom stereocenters. The molecule has 3 heteroatoms. The van der Waals surface area contributed by atoms with Crippen LogP contribution in [0.25, 0.3) is 0 Å². The van der Waals surface area contributed by atoms with Gasteiger partial charge in [0.15, 0.2) is 0 Å². The Morgan fingerprint density at radius 2 is 2.00 bits per heavy atom. The predicted molar refractivity (Wildman–Crippen MR) is 79.6 cm³/mol. The Bertz CT molecular complexity index is 570. The average Bonchev–Trinajstić information content (AvgIpc) is 2.51. The van der Waals surface area contributed by atoms with Gasteiger partial charge in [0.2, 0.25) is 0 Å². The van der Waals surface area contributed by atoms with Gasteiger partial charge in [-0.05, 0) is 25.1 Å². The normalized spacial score (nSPS) is 22.7. The lowest BCUT2D eigenvalue weighted by atomic mass is 9.91. The Balaban J connectivity index is 1.83. The Hall–Kier alpha value is -1.87. The lowest BCUT2D eigenvalue weighted by Gasteiger charge is -2.34. The Morgan fingerprint density at radius 1 is 1.20 bits per heavy atom. The van der Waals surface area contributed by atoms with Crippen LogP contribution >= 0.6 is 0 Å². The number of hydrogen-bond donors (Lipinski definition) is 1. The quantitative estimate of drug-likeness (QED) is 0.925. The molecule has 0 saturated heterocycles. The lowest BCUT2D eigenvalue weighted by molar-refractivity contribution is 0.181. The van der Waals surface area contributed by atoms with Crippen molar-refractivity contribution in [2.75, 3.05) is 6.61 Å². The third-order valence-electron chi connectivity index (χ3n) is 3.89. The molecule has 1 aliphatic rings. The van der Waals surface area contributed by atoms with Crippen molar-refractivity contribution in [1.82, 2.24) is 10.3 Å². The van der Waals surface area contributed by atoms with Crippen molar-refractivity contribution in [3.63, 3.8) is 0 Å². The second-order valence-electron chi connectivity index (χ2n) is 5.45. The fraction of sp³-hybridized carbons (Fsp3) is 0.353. The molecule has 2 heterocycles. The highest BCUT2D eigenvalue weighted by Gasteiger charge is 2.28. The largest absolute Gasteiger partial charge is 0.493 e. The van der Waals surface area contributed by atoms with E-state index in [1.807, 2.05) is 30.5 Å². The summed E-state index contributed by atoms with van der Waals surface area (Å²) < 4.78 is 5.80. The van der Waals surface area contributed by atoms with E-state index in [1.54, 1.807) is 0 Å². The fourth-order valence-corrected chi connectivity index (χ4v) is 2.73. The zero-order chi connectivity index (χ0) is 13.9. The predicted octanol–water partition coefficient (Wildman–Crippen LogP) is 3.50. The molecule has 3 atom stereocenters. The van der Waals surface area contributed by atoms with Crippen molar-refractivity contribution in [2.45, 2.75) is 25.9 Å². The number of hydrogen-bond acceptors (Lipinski definition) is 3. The van der Waals surface area contributed by atoms with E-state index >= 15 is 0 Å². The summed E-state index contributed by atoms with van der Waals surface area (Å²) in [5.41, 5.74) is 2.32. The molecule has 0 saturated carbocycles. The van der Waals surface area contributed by atoms with Crippen LogP contribution in [0.5, 0.6) is 5.75 Å². The molecule has 1 N–H and O–H groups in total. The summed E-state index contributed by atoms with van der Waals surface area (Å²) in [6.07, 6.45) is 1.84. The smallest absolute Gasteiger partial charge is 0.124 e. The zero-order valence-corrected chi connectivity index (χ0v) is 11.9. The van der Waals surface area contributed by atoms with Crippen molar-refractivity contribution < 1.29 is 4.74 Å². The van der Waals surface area contributed by atoms with Crippen LogP contribution in [-0.2, 0) is 0 Å². The number of aromatic nitrogens is 1. The van der Waals surface area contributed by atoms with Crippen molar-refractivity contribution in [2.24, 2.45) is 5.92 Å². The SMILES string of the molecule is CC(NC1c2ccccc2OCC1C)c1ccccn1. The van der Waals surface area contributed by atoms with Crippen molar-refractivity contribution >= 4 is 0 Å². The van der Waals surface area contributed by atoms with Gasteiger partial charge in [0.05, 0.1) is 12.3 Å². The highest BCUT2D eigenvalue weighted by atomic mass is 16.5. The van der Waals surface area contributed by atoms with Crippen LogP contribution in [0.2, 0.25) is 0 Å². The third-order valence-corrected chi connectivity index (χ3v) is 3.89. The Morgan fingerprint density at radius 3 is 2.80 bits per heavy atom. The van der Waals surface area contributed by atoms with Crippen LogP contribution in [0.4, 0.5) is 0 Å². The minimum atomic E-state index is 0.217. The minimum Gasteiger partial charge on any atom is -0.493 e. The van der Waals surface area contributed by atoms with E-state index in [1.165, 1.54) is 5.56 Å². The number of ether oxygens (including phenoxy) is 1. The number of benzene rings is 1. The van der Waals surface area contributed by atoms with Crippen LogP contribution in [0.1, 0.15) is 37.2 Å². The molecular weight excluding hydrogens is 248 g/mol. The molecule has 2 aromatic rings. The van der Waals surface area contributed by atoms with Gasteiger partial charge in [0.25, 0.3) is 0 Å². The van der Waals surface area contributed by atoms with E-state index in [9.17, 15) is 0 Å². The second kappa shape index (κ2) is 5.63. The molecule has 0 aliphatic carbocycles. The number of nitrogens with one attached hydrogen (secondary N) is 1. The molecule has 1 aromatic carbocycles. The molecule has 104 valence electrons. The van der Waals surface area contributed by atoms with Gasteiger partial charge < -0.3 is 10.1 Å². The van der Waals surface area contributed by atoms with Gasteiger partial charge in [-0.2, -0.15) is 0 Å². The molecule has 3 nitrogen and oxygen atoms in total. The summed E-state index contributed by atoms with van der Waals surface area (Å²) in [7, 11) is 0. The summed E-state index contributed by atoms with van der Waals surface area (Å²) >= 11 is 0. The first-order chi connectivity index (χ1) is 9.75. The van der Waals surface area contributed by atoms with Gasteiger partial charge in [-0.3, -0.25) is 4.98 Å². The second-order valence-corrected chi connectivity index (χ2v) is 5.45. The molecule has 1 aliphatic heterocycles. The Labute approximate surface area is 120 Å². The highest BCUT2D eigenvalue weighted by molar-refractivity contribution is 5.38. The molecular formula is C17H20N2O. The number of nitrogens with zero attached hydrogens (tertiary/aromatic N) is 1. The summed E-state index contributed by atoms with van der Waals surface area (Å²) in [5, 5.41) is 3.70. The monoisotopic (exact) mass is 268 g/mol. The standard InChI is InChI=1S/C17H20N2O/c1-12-11-20-16-9-4-3-7-14(16)17(12)19-13(2)15-8-5-6-10-18-15/h3-10,12-13,17,19H,11H2,1-2H3. The van der Waals surface area contributed by atoms with Crippen LogP contribution < -0.4 is 10.1 Å². The minimum absolute atomic E-state index is 0.217. The van der Waals surface area contributed by atoms with Crippen molar-refractivity contribution in [3.8, 4) is 5.75 Å². The first-order valence-electron chi connectivity index (χ1n) is 7.14. The van der Waals surface area contributed by atoms with Gasteiger partial charge in [-0.25, -0.2) is 0 Å². The maximum Gasteiger partial charge on any atom is 0.124 e. The molecule has 0 spiro atoms. The van der Waals surface area contributed by atoms with E-state index in [-0.39, 0.29) is 6.04 Å². The van der Waals surface area contributed by atoms with Gasteiger partial charge in [0.1, 0.15) is 5.75 Å². The van der Waals surface area contributed by atoms with Gasteiger partial charge >= 0.3 is 0 Å². The number of fused-ring (bicyclic) bond motifs is 1. The van der Waals surface area contributed by atoms with Crippen LogP contribution in [0.3, 0.4) is 0 Å². The molecule has 0 amide bonds. The van der Waals surface area contributed by atoms with Crippen molar-refractivity contribution in [3.05, 3.63) is 59.9 Å². The van der Waals surface area contributed by atoms with Crippen LogP contribution in [-0.4, -0.2) is 11.6 Å². The van der Waals surface area contributed by atoms with Crippen LogP contribution in [0, 0.1) is 5.92 Å². The summed E-state index contributed by atoms with van der Waals surface area (Å²) in [4.78, 5) is 4.43. The molecule has 3 rings (SSSR count). The van der Waals surface area contributed by atoms with Gasteiger partial charge in [-0.15, -0.1) is 0 Å². The van der Waals surface area contributed by atoms with E-state index in [0.29, 0.717) is 12.0 Å². The number of para-hydroxylation sites is 1. The zero-order valence-electron chi connectivity index (χ0n) is 11.9. The molecule has 0 bridgehead atoms. The van der Waals surface area contributed by atoms with E-state index in [4.69, 9.17) is 4.74 Å². The van der Waals surface area contributed by atoms with Crippen LogP contribution in [0.15, 0.2) is 48.7 Å². The van der Waals surface area contributed by atoms with E-state index in [2.05, 4.69) is 42.3 Å². The third kappa shape index (κ3) is 2.54. The summed E-state index contributed by atoms with van der Waals surface area (Å²) in [6, 6.07) is 14.8.